The number of hydrogen-bond donors (Lipinski definition) is 1. The highest BCUT2D eigenvalue weighted by Gasteiger charge is 2.36. The summed E-state index contributed by atoms with van der Waals surface area (Å²) in [5.74, 6) is -0.912. The maximum atomic E-state index is 12.6. The predicted octanol–water partition coefficient (Wildman–Crippen LogP) is 3.46. The van der Waals surface area contributed by atoms with Crippen LogP contribution in [0, 0.1) is 6.92 Å². The van der Waals surface area contributed by atoms with E-state index in [4.69, 9.17) is 16.0 Å². The Balaban J connectivity index is 1.92. The van der Waals surface area contributed by atoms with Gasteiger partial charge in [0.05, 0.1) is 12.0 Å². The number of carbonyl (C=O) groups is 3. The molecule has 1 aromatic carbocycles. The average Bonchev–Trinajstić information content (AvgIpc) is 3.07. The normalized spacial score (nSPS) is 16.8. The van der Waals surface area contributed by atoms with Gasteiger partial charge in [-0.3, -0.25) is 14.9 Å². The van der Waals surface area contributed by atoms with Crippen molar-refractivity contribution in [1.82, 2.24) is 5.32 Å². The van der Waals surface area contributed by atoms with E-state index in [9.17, 15) is 14.4 Å². The molecule has 1 aliphatic heterocycles. The lowest BCUT2D eigenvalue weighted by atomic mass is 10.1. The molecule has 2 heterocycles. The monoisotopic (exact) mass is 356 g/mol. The molecule has 1 N–H and O–H groups in total. The van der Waals surface area contributed by atoms with Gasteiger partial charge in [0.1, 0.15) is 11.3 Å². The zero-order valence-corrected chi connectivity index (χ0v) is 13.9. The van der Waals surface area contributed by atoms with Gasteiger partial charge in [-0.25, -0.2) is 9.69 Å². The first-order valence-electron chi connectivity index (χ1n) is 7.35. The predicted molar refractivity (Wildman–Crippen MR) is 93.0 cm³/mol. The quantitative estimate of drug-likeness (QED) is 0.674. The number of carbonyl (C=O) groups excluding carboxylic acids is 3. The van der Waals surface area contributed by atoms with Crippen LogP contribution in [0.2, 0.25) is 5.02 Å². The maximum absolute atomic E-state index is 12.6. The number of rotatable bonds is 3. The lowest BCUT2D eigenvalue weighted by Gasteiger charge is -2.26. The van der Waals surface area contributed by atoms with Crippen molar-refractivity contribution in [3.63, 3.8) is 0 Å². The summed E-state index contributed by atoms with van der Waals surface area (Å²) >= 11 is 6.06. The fourth-order valence-electron chi connectivity index (χ4n) is 2.26. The molecule has 0 aliphatic carbocycles. The van der Waals surface area contributed by atoms with Gasteiger partial charge in [0.2, 0.25) is 0 Å². The molecular weight excluding hydrogens is 344 g/mol. The molecule has 0 spiro atoms. The molecule has 1 aromatic heterocycles. The van der Waals surface area contributed by atoms with Crippen LogP contribution >= 0.6 is 11.6 Å². The van der Waals surface area contributed by atoms with Crippen LogP contribution < -0.4 is 10.2 Å². The molecule has 0 saturated carbocycles. The Hall–Kier alpha value is -3.12. The summed E-state index contributed by atoms with van der Waals surface area (Å²) in [6, 6.07) is 7.40. The van der Waals surface area contributed by atoms with E-state index >= 15 is 0 Å². The molecule has 0 bridgehead atoms. The van der Waals surface area contributed by atoms with E-state index in [1.807, 2.05) is 0 Å². The maximum Gasteiger partial charge on any atom is 0.335 e. The van der Waals surface area contributed by atoms with Gasteiger partial charge in [-0.1, -0.05) is 23.7 Å². The van der Waals surface area contributed by atoms with Crippen molar-refractivity contribution in [3.8, 4) is 0 Å². The third-order valence-electron chi connectivity index (χ3n) is 3.58. The molecule has 126 valence electrons. The van der Waals surface area contributed by atoms with Gasteiger partial charge in [-0.15, -0.1) is 0 Å². The van der Waals surface area contributed by atoms with Crippen molar-refractivity contribution >= 4 is 41.2 Å². The lowest BCUT2D eigenvalue weighted by Crippen LogP contribution is -2.54. The summed E-state index contributed by atoms with van der Waals surface area (Å²) in [6.45, 7) is 1.80. The van der Waals surface area contributed by atoms with E-state index in [1.54, 1.807) is 37.3 Å². The molecule has 3 rings (SSSR count). The van der Waals surface area contributed by atoms with Crippen molar-refractivity contribution < 1.29 is 18.8 Å². The molecule has 0 unspecified atom stereocenters. The Morgan fingerprint density at radius 3 is 2.68 bits per heavy atom. The lowest BCUT2D eigenvalue weighted by molar-refractivity contribution is -0.122. The van der Waals surface area contributed by atoms with Crippen molar-refractivity contribution in [2.24, 2.45) is 0 Å². The van der Waals surface area contributed by atoms with Crippen molar-refractivity contribution in [1.29, 1.82) is 0 Å². The number of nitrogens with zero attached hydrogens (tertiary/aromatic N) is 1. The highest BCUT2D eigenvalue weighted by atomic mass is 35.5. The number of imide groups is 2. The van der Waals surface area contributed by atoms with Crippen LogP contribution in [0.5, 0.6) is 0 Å². The topological polar surface area (TPSA) is 79.6 Å². The molecule has 1 saturated heterocycles. The van der Waals surface area contributed by atoms with E-state index in [0.717, 1.165) is 10.5 Å². The van der Waals surface area contributed by atoms with E-state index in [2.05, 4.69) is 5.32 Å². The molecule has 0 atom stereocenters. The van der Waals surface area contributed by atoms with Gasteiger partial charge in [0, 0.05) is 5.02 Å². The minimum Gasteiger partial charge on any atom is -0.465 e. The van der Waals surface area contributed by atoms with Crippen LogP contribution in [0.1, 0.15) is 11.3 Å². The number of allylic oxidation sites excluding steroid dienone is 2. The van der Waals surface area contributed by atoms with Gasteiger partial charge < -0.3 is 4.42 Å². The van der Waals surface area contributed by atoms with Gasteiger partial charge in [-0.05, 0) is 48.9 Å². The first-order chi connectivity index (χ1) is 12.0. The Labute approximate surface area is 148 Å². The van der Waals surface area contributed by atoms with Gasteiger partial charge in [0.25, 0.3) is 11.8 Å². The second-order valence-corrected chi connectivity index (χ2v) is 5.70. The third-order valence-corrected chi connectivity index (χ3v) is 3.99. The molecule has 25 heavy (non-hydrogen) atoms. The SMILES string of the molecule is Cc1ccc(N2C(=O)NC(=O)/C(=C\C=C\c3ccco3)C2=O)cc1Cl. The molecule has 1 fully saturated rings. The average molecular weight is 357 g/mol. The summed E-state index contributed by atoms with van der Waals surface area (Å²) in [4.78, 5) is 37.5. The molecule has 6 nitrogen and oxygen atoms in total. The van der Waals surface area contributed by atoms with E-state index in [-0.39, 0.29) is 11.3 Å². The highest BCUT2D eigenvalue weighted by molar-refractivity contribution is 6.38. The van der Waals surface area contributed by atoms with Crippen LogP contribution in [-0.4, -0.2) is 17.8 Å². The number of halogens is 1. The first kappa shape index (κ1) is 16.7. The minimum atomic E-state index is -0.818. The molecule has 7 heteroatoms. The number of furan rings is 1. The molecule has 4 amide bonds. The van der Waals surface area contributed by atoms with Crippen LogP contribution in [0.25, 0.3) is 6.08 Å². The fraction of sp³-hybridized carbons (Fsp3) is 0.0556. The second-order valence-electron chi connectivity index (χ2n) is 5.29. The largest absolute Gasteiger partial charge is 0.465 e. The van der Waals surface area contributed by atoms with Crippen LogP contribution in [0.4, 0.5) is 10.5 Å². The fourth-order valence-corrected chi connectivity index (χ4v) is 2.43. The third kappa shape index (κ3) is 3.39. The van der Waals surface area contributed by atoms with Gasteiger partial charge in [-0.2, -0.15) is 0 Å². The Kier molecular flexibility index (Phi) is 4.54. The number of urea groups is 1. The number of benzene rings is 1. The second kappa shape index (κ2) is 6.78. The molecule has 1 aliphatic rings. The van der Waals surface area contributed by atoms with Crippen LogP contribution in [0.15, 0.2) is 58.7 Å². The summed E-state index contributed by atoms with van der Waals surface area (Å²) in [6.07, 6.45) is 5.93. The number of amides is 4. The van der Waals surface area contributed by atoms with E-state index in [1.165, 1.54) is 24.5 Å². The van der Waals surface area contributed by atoms with E-state index in [0.29, 0.717) is 10.8 Å². The van der Waals surface area contributed by atoms with Gasteiger partial charge >= 0.3 is 6.03 Å². The number of barbiturate groups is 1. The van der Waals surface area contributed by atoms with Crippen LogP contribution in [-0.2, 0) is 9.59 Å². The summed E-state index contributed by atoms with van der Waals surface area (Å²) in [5, 5.41) is 2.56. The van der Waals surface area contributed by atoms with Crippen LogP contribution in [0.3, 0.4) is 0 Å². The molecule has 0 radical (unpaired) electrons. The van der Waals surface area contributed by atoms with E-state index < -0.39 is 17.8 Å². The van der Waals surface area contributed by atoms with Crippen molar-refractivity contribution in [2.75, 3.05) is 4.90 Å². The smallest absolute Gasteiger partial charge is 0.335 e. The minimum absolute atomic E-state index is 0.167. The Morgan fingerprint density at radius 2 is 2.00 bits per heavy atom. The zero-order valence-electron chi connectivity index (χ0n) is 13.2. The zero-order chi connectivity index (χ0) is 18.0. The first-order valence-corrected chi connectivity index (χ1v) is 7.73. The number of hydrogen-bond acceptors (Lipinski definition) is 4. The standard InChI is InChI=1S/C18H13ClN2O4/c1-11-7-8-12(10-15(11)19)21-17(23)14(16(22)20-18(21)24)6-2-4-13-5-3-9-25-13/h2-10H,1H3,(H,20,22,24)/b4-2+,14-6+. The molecular formula is C18H13ClN2O4. The highest BCUT2D eigenvalue weighted by Crippen LogP contribution is 2.26. The number of anilines is 1. The number of aryl methyl sites for hydroxylation is 1. The Morgan fingerprint density at radius 1 is 1.20 bits per heavy atom. The summed E-state index contributed by atoms with van der Waals surface area (Å²) in [5.41, 5.74) is 0.925. The van der Waals surface area contributed by atoms with Gasteiger partial charge in [0.15, 0.2) is 0 Å². The van der Waals surface area contributed by atoms with Crippen molar-refractivity contribution in [2.45, 2.75) is 6.92 Å². The number of nitrogens with one attached hydrogen (secondary N) is 1. The summed E-state index contributed by atoms with van der Waals surface area (Å²) < 4.78 is 5.13. The Bertz CT molecular complexity index is 913. The van der Waals surface area contributed by atoms with Crippen molar-refractivity contribution in [3.05, 3.63) is 70.7 Å². The molecule has 2 aromatic rings. The summed E-state index contributed by atoms with van der Waals surface area (Å²) in [7, 11) is 0.